The molecular weight excluding hydrogens is 496 g/mol. The first-order valence-electron chi connectivity index (χ1n) is 14.1. The summed E-state index contributed by atoms with van der Waals surface area (Å²) in [6.07, 6.45) is 6.55. The van der Waals surface area contributed by atoms with E-state index in [1.165, 1.54) is 22.3 Å². The third-order valence-corrected chi connectivity index (χ3v) is 7.19. The van der Waals surface area contributed by atoms with E-state index in [1.54, 1.807) is 0 Å². The quantitative estimate of drug-likeness (QED) is 0.353. The fourth-order valence-electron chi connectivity index (χ4n) is 5.05. The Balaban J connectivity index is 0.000000218. The summed E-state index contributed by atoms with van der Waals surface area (Å²) in [5.41, 5.74) is 10.8. The zero-order chi connectivity index (χ0) is 28.2. The lowest BCUT2D eigenvalue weighted by molar-refractivity contribution is -0.151. The van der Waals surface area contributed by atoms with E-state index in [-0.39, 0.29) is 18.2 Å². The van der Waals surface area contributed by atoms with Gasteiger partial charge in [-0.25, -0.2) is 9.59 Å². The number of hydrogen-bond donors (Lipinski definition) is 3. The van der Waals surface area contributed by atoms with Crippen LogP contribution >= 0.6 is 0 Å². The molecule has 0 saturated heterocycles. The molecule has 0 bridgehead atoms. The average Bonchev–Trinajstić information content (AvgIpc) is 3.52. The number of nitrogens with two attached hydrogens (primary N) is 1. The lowest BCUT2D eigenvalue weighted by Crippen LogP contribution is -2.42. The number of esters is 2. The Hall–Kier alpha value is -3.39. The summed E-state index contributed by atoms with van der Waals surface area (Å²) in [5, 5.41) is 11.1. The molecule has 8 heteroatoms. The van der Waals surface area contributed by atoms with Crippen LogP contribution in [0.4, 0.5) is 4.79 Å². The minimum atomic E-state index is -1.19. The number of carboxylic acid groups (broad SMARTS) is 1. The topological polar surface area (TPSA) is 128 Å². The van der Waals surface area contributed by atoms with Crippen LogP contribution in [0.3, 0.4) is 0 Å². The molecular formula is C31H42N2O6. The van der Waals surface area contributed by atoms with Crippen molar-refractivity contribution in [2.45, 2.75) is 102 Å². The molecule has 2 aliphatic rings. The van der Waals surface area contributed by atoms with Crippen molar-refractivity contribution in [2.75, 3.05) is 0 Å². The van der Waals surface area contributed by atoms with E-state index in [1.807, 2.05) is 43.3 Å². The van der Waals surface area contributed by atoms with Crippen LogP contribution in [-0.4, -0.2) is 47.4 Å². The van der Waals surface area contributed by atoms with Gasteiger partial charge >= 0.3 is 18.0 Å². The van der Waals surface area contributed by atoms with Crippen molar-refractivity contribution in [1.29, 1.82) is 0 Å². The molecule has 2 aromatic carbocycles. The second-order valence-corrected chi connectivity index (χ2v) is 10.4. The summed E-state index contributed by atoms with van der Waals surface area (Å²) >= 11 is 0. The van der Waals surface area contributed by atoms with E-state index in [9.17, 15) is 14.4 Å². The van der Waals surface area contributed by atoms with Gasteiger partial charge in [0.25, 0.3) is 0 Å². The van der Waals surface area contributed by atoms with Gasteiger partial charge in [0.05, 0.1) is 0 Å². The number of hydrogen-bond acceptors (Lipinski definition) is 6. The minimum absolute atomic E-state index is 0.0254. The Morgan fingerprint density at radius 2 is 1.21 bits per heavy atom. The highest BCUT2D eigenvalue weighted by molar-refractivity contribution is 5.80. The van der Waals surface area contributed by atoms with Crippen LogP contribution in [0.2, 0.25) is 0 Å². The van der Waals surface area contributed by atoms with E-state index in [0.717, 1.165) is 44.9 Å². The van der Waals surface area contributed by atoms with Crippen molar-refractivity contribution in [3.63, 3.8) is 0 Å². The second kappa shape index (κ2) is 15.3. The third kappa shape index (κ3) is 9.39. The molecule has 2 atom stereocenters. The normalized spacial score (nSPS) is 15.8. The number of nitrogens with one attached hydrogen (secondary N) is 1. The Morgan fingerprint density at radius 3 is 1.62 bits per heavy atom. The van der Waals surface area contributed by atoms with Crippen molar-refractivity contribution in [3.05, 3.63) is 70.8 Å². The van der Waals surface area contributed by atoms with Gasteiger partial charge in [-0.05, 0) is 35.1 Å². The third-order valence-electron chi connectivity index (χ3n) is 7.19. The summed E-state index contributed by atoms with van der Waals surface area (Å²) in [7, 11) is 0. The van der Waals surface area contributed by atoms with Crippen molar-refractivity contribution < 1.29 is 29.0 Å². The van der Waals surface area contributed by atoms with Gasteiger partial charge in [0.1, 0.15) is 24.3 Å². The standard InChI is InChI=1S/C16H21NO4.C15H21NO2/c1-2-3-8-14(17-16(19)20)15(18)21-13-9-11-6-4-5-7-12(11)10-13;1-2-3-8-14(16)15(17)18-13-9-11-6-4-5-7-12(11)10-13/h4-7,13-14,17H,2-3,8-10H2,1H3,(H,19,20);4-7,13-14H,2-3,8-10,16H2,1H3. The molecule has 0 fully saturated rings. The van der Waals surface area contributed by atoms with Gasteiger partial charge < -0.3 is 25.6 Å². The van der Waals surface area contributed by atoms with E-state index in [0.29, 0.717) is 19.3 Å². The molecule has 0 aliphatic heterocycles. The van der Waals surface area contributed by atoms with Crippen LogP contribution in [0.15, 0.2) is 48.5 Å². The van der Waals surface area contributed by atoms with Crippen molar-refractivity contribution in [2.24, 2.45) is 5.73 Å². The van der Waals surface area contributed by atoms with E-state index < -0.39 is 24.1 Å². The zero-order valence-electron chi connectivity index (χ0n) is 23.1. The summed E-state index contributed by atoms with van der Waals surface area (Å²) in [6, 6.07) is 15.0. The van der Waals surface area contributed by atoms with E-state index in [4.69, 9.17) is 20.3 Å². The predicted molar refractivity (Wildman–Crippen MR) is 149 cm³/mol. The number of amides is 1. The molecule has 0 aromatic heterocycles. The molecule has 2 aliphatic carbocycles. The predicted octanol–water partition coefficient (Wildman–Crippen LogP) is 4.74. The Bertz CT molecular complexity index is 1050. The van der Waals surface area contributed by atoms with E-state index >= 15 is 0 Å². The van der Waals surface area contributed by atoms with Crippen LogP contribution in [0, 0.1) is 0 Å². The highest BCUT2D eigenvalue weighted by Crippen LogP contribution is 2.25. The average molecular weight is 539 g/mol. The smallest absolute Gasteiger partial charge is 0.405 e. The number of unbranched alkanes of at least 4 members (excludes halogenated alkanes) is 2. The molecule has 1 amide bonds. The number of carbonyl (C=O) groups is 3. The molecule has 212 valence electrons. The van der Waals surface area contributed by atoms with Gasteiger partial charge in [0, 0.05) is 25.7 Å². The lowest BCUT2D eigenvalue weighted by Gasteiger charge is -2.18. The summed E-state index contributed by atoms with van der Waals surface area (Å²) in [6.45, 7) is 4.09. The van der Waals surface area contributed by atoms with Crippen LogP contribution in [0.25, 0.3) is 0 Å². The largest absolute Gasteiger partial charge is 0.465 e. The Kier molecular flexibility index (Phi) is 11.8. The number of carbonyl (C=O) groups excluding carboxylic acids is 2. The fourth-order valence-corrected chi connectivity index (χ4v) is 5.05. The first kappa shape index (κ1) is 30.2. The Labute approximate surface area is 231 Å². The molecule has 8 nitrogen and oxygen atoms in total. The molecule has 2 aromatic rings. The minimum Gasteiger partial charge on any atom is -0.465 e. The molecule has 0 spiro atoms. The number of rotatable bonds is 11. The second-order valence-electron chi connectivity index (χ2n) is 10.4. The maximum Gasteiger partial charge on any atom is 0.405 e. The van der Waals surface area contributed by atoms with Gasteiger partial charge in [-0.15, -0.1) is 0 Å². The molecule has 4 rings (SSSR count). The van der Waals surface area contributed by atoms with Gasteiger partial charge in [-0.1, -0.05) is 88.1 Å². The van der Waals surface area contributed by atoms with Crippen molar-refractivity contribution in [3.8, 4) is 0 Å². The van der Waals surface area contributed by atoms with E-state index in [2.05, 4.69) is 24.4 Å². The van der Waals surface area contributed by atoms with Gasteiger partial charge in [-0.3, -0.25) is 4.79 Å². The SMILES string of the molecule is CCCCC(N)C(=O)OC1Cc2ccccc2C1.CCCCC(NC(=O)O)C(=O)OC1Cc2ccccc2C1. The summed E-state index contributed by atoms with van der Waals surface area (Å²) < 4.78 is 11.0. The van der Waals surface area contributed by atoms with Crippen LogP contribution in [0.5, 0.6) is 0 Å². The molecule has 39 heavy (non-hydrogen) atoms. The highest BCUT2D eigenvalue weighted by atomic mass is 16.5. The van der Waals surface area contributed by atoms with Crippen molar-refractivity contribution in [1.82, 2.24) is 5.32 Å². The van der Waals surface area contributed by atoms with Crippen LogP contribution in [-0.2, 0) is 44.7 Å². The zero-order valence-corrected chi connectivity index (χ0v) is 23.1. The molecule has 2 unspecified atom stereocenters. The van der Waals surface area contributed by atoms with Crippen LogP contribution in [0.1, 0.15) is 74.6 Å². The molecule has 0 saturated carbocycles. The molecule has 4 N–H and O–H groups in total. The van der Waals surface area contributed by atoms with Crippen LogP contribution < -0.4 is 11.1 Å². The maximum absolute atomic E-state index is 12.1. The monoisotopic (exact) mass is 538 g/mol. The Morgan fingerprint density at radius 1 is 0.795 bits per heavy atom. The summed E-state index contributed by atoms with van der Waals surface area (Å²) in [5.74, 6) is -0.718. The molecule has 0 radical (unpaired) electrons. The van der Waals surface area contributed by atoms with Gasteiger partial charge in [0.15, 0.2) is 0 Å². The highest BCUT2D eigenvalue weighted by Gasteiger charge is 2.29. The first-order chi connectivity index (χ1) is 18.8. The first-order valence-corrected chi connectivity index (χ1v) is 14.1. The fraction of sp³-hybridized carbons (Fsp3) is 0.516. The summed E-state index contributed by atoms with van der Waals surface area (Å²) in [4.78, 5) is 34.7. The molecule has 0 heterocycles. The van der Waals surface area contributed by atoms with Gasteiger partial charge in [0.2, 0.25) is 0 Å². The number of fused-ring (bicyclic) bond motifs is 2. The van der Waals surface area contributed by atoms with Gasteiger partial charge in [-0.2, -0.15) is 0 Å². The number of ether oxygens (including phenoxy) is 2. The van der Waals surface area contributed by atoms with Crippen molar-refractivity contribution >= 4 is 18.0 Å². The lowest BCUT2D eigenvalue weighted by atomic mass is 10.1. The number of benzene rings is 2. The maximum atomic E-state index is 12.1.